The lowest BCUT2D eigenvalue weighted by Crippen LogP contribution is -2.36. The Bertz CT molecular complexity index is 297. The van der Waals surface area contributed by atoms with E-state index in [-0.39, 0.29) is 0 Å². The van der Waals surface area contributed by atoms with Crippen molar-refractivity contribution in [1.29, 1.82) is 0 Å². The molecule has 2 atom stereocenters. The normalized spacial score (nSPS) is 36.0. The number of hydrogen-bond donors (Lipinski definition) is 1. The van der Waals surface area contributed by atoms with Crippen LogP contribution < -0.4 is 0 Å². The van der Waals surface area contributed by atoms with E-state index in [1.807, 2.05) is 0 Å². The number of rotatable bonds is 2. The van der Waals surface area contributed by atoms with Gasteiger partial charge in [0.1, 0.15) is 0 Å². The molecule has 0 bridgehead atoms. The maximum Gasteiger partial charge on any atom is 0.0893 e. The molecule has 0 aromatic heterocycles. The summed E-state index contributed by atoms with van der Waals surface area (Å²) >= 11 is 0. The van der Waals surface area contributed by atoms with E-state index < -0.39 is 5.60 Å². The fraction of sp³-hybridized carbons (Fsp3) is 0.714. The van der Waals surface area contributed by atoms with Gasteiger partial charge in [0, 0.05) is 12.3 Å². The maximum absolute atomic E-state index is 10.7. The Hall–Kier alpha value is -0.740. The van der Waals surface area contributed by atoms with E-state index in [1.54, 1.807) is 0 Å². The molecule has 0 unspecified atom stereocenters. The fourth-order valence-electron chi connectivity index (χ4n) is 3.13. The Morgan fingerprint density at radius 1 is 1.47 bits per heavy atom. The van der Waals surface area contributed by atoms with Gasteiger partial charge in [-0.15, -0.1) is 12.3 Å². The lowest BCUT2D eigenvalue weighted by atomic mass is 9.77. The molecule has 1 heteroatoms. The van der Waals surface area contributed by atoms with Crippen LogP contribution in [0.3, 0.4) is 0 Å². The molecule has 2 aliphatic carbocycles. The predicted octanol–water partition coefficient (Wildman–Crippen LogP) is 3.04. The number of allylic oxidation sites excluding steroid dienone is 1. The van der Waals surface area contributed by atoms with Gasteiger partial charge in [-0.25, -0.2) is 0 Å². The zero-order chi connectivity index (χ0) is 10.7. The largest absolute Gasteiger partial charge is 0.385 e. The van der Waals surface area contributed by atoms with Crippen molar-refractivity contribution in [1.82, 2.24) is 0 Å². The molecule has 82 valence electrons. The molecular weight excluding hydrogens is 184 g/mol. The van der Waals surface area contributed by atoms with Gasteiger partial charge in [-0.05, 0) is 50.5 Å². The van der Waals surface area contributed by atoms with Crippen molar-refractivity contribution < 1.29 is 5.11 Å². The van der Waals surface area contributed by atoms with E-state index in [0.29, 0.717) is 5.92 Å². The van der Waals surface area contributed by atoms with Crippen molar-refractivity contribution in [2.45, 2.75) is 57.0 Å². The third-order valence-corrected chi connectivity index (χ3v) is 4.00. The molecule has 1 nitrogen and oxygen atoms in total. The zero-order valence-electron chi connectivity index (χ0n) is 9.34. The molecule has 0 aliphatic heterocycles. The molecule has 0 aromatic rings. The Morgan fingerprint density at radius 2 is 2.33 bits per heavy atom. The van der Waals surface area contributed by atoms with Crippen LogP contribution in [-0.4, -0.2) is 10.7 Å². The molecule has 0 amide bonds. The highest BCUT2D eigenvalue weighted by Gasteiger charge is 2.43. The van der Waals surface area contributed by atoms with Gasteiger partial charge in [-0.1, -0.05) is 6.08 Å². The first kappa shape index (κ1) is 10.8. The van der Waals surface area contributed by atoms with Gasteiger partial charge in [0.15, 0.2) is 0 Å². The molecule has 0 heterocycles. The van der Waals surface area contributed by atoms with Gasteiger partial charge >= 0.3 is 0 Å². The lowest BCUT2D eigenvalue weighted by Gasteiger charge is -2.34. The Morgan fingerprint density at radius 3 is 3.00 bits per heavy atom. The van der Waals surface area contributed by atoms with E-state index in [0.717, 1.165) is 38.5 Å². The summed E-state index contributed by atoms with van der Waals surface area (Å²) in [5.41, 5.74) is 0.735. The first-order valence-electron chi connectivity index (χ1n) is 6.13. The van der Waals surface area contributed by atoms with Crippen molar-refractivity contribution >= 4 is 0 Å². The second-order valence-electron chi connectivity index (χ2n) is 4.90. The van der Waals surface area contributed by atoms with Crippen molar-refractivity contribution in [3.8, 4) is 12.3 Å². The van der Waals surface area contributed by atoms with Gasteiger partial charge in [0.25, 0.3) is 0 Å². The third-order valence-electron chi connectivity index (χ3n) is 4.00. The standard InChI is InChI=1S/C14H20O/c1-2-7-12-10-6-11-14(12,15)13-8-4-3-5-9-13/h1,8,12,15H,3-7,9-11H2/t12-,14+/m1/s1. The minimum absolute atomic E-state index is 0.312. The SMILES string of the molecule is C#CC[C@@H]1CCC[C@@]1(O)C1=CCCCC1. The maximum atomic E-state index is 10.7. The quantitative estimate of drug-likeness (QED) is 0.541. The summed E-state index contributed by atoms with van der Waals surface area (Å²) in [6.45, 7) is 0. The minimum Gasteiger partial charge on any atom is -0.385 e. The highest BCUT2D eigenvalue weighted by Crippen LogP contribution is 2.45. The van der Waals surface area contributed by atoms with Crippen LogP contribution in [0.4, 0.5) is 0 Å². The van der Waals surface area contributed by atoms with Crippen LogP contribution in [0, 0.1) is 18.3 Å². The molecular formula is C14H20O. The summed E-state index contributed by atoms with van der Waals surface area (Å²) in [4.78, 5) is 0. The molecule has 0 spiro atoms. The highest BCUT2D eigenvalue weighted by atomic mass is 16.3. The molecule has 0 saturated heterocycles. The van der Waals surface area contributed by atoms with E-state index >= 15 is 0 Å². The Labute approximate surface area is 92.6 Å². The van der Waals surface area contributed by atoms with Crippen LogP contribution in [0.5, 0.6) is 0 Å². The van der Waals surface area contributed by atoms with Crippen LogP contribution in [0.25, 0.3) is 0 Å². The fourth-order valence-corrected chi connectivity index (χ4v) is 3.13. The number of hydrogen-bond acceptors (Lipinski definition) is 1. The van der Waals surface area contributed by atoms with Crippen molar-refractivity contribution in [3.05, 3.63) is 11.6 Å². The highest BCUT2D eigenvalue weighted by molar-refractivity contribution is 5.23. The van der Waals surface area contributed by atoms with Crippen molar-refractivity contribution in [3.63, 3.8) is 0 Å². The van der Waals surface area contributed by atoms with Crippen LogP contribution in [0.2, 0.25) is 0 Å². The summed E-state index contributed by atoms with van der Waals surface area (Å²) in [6, 6.07) is 0. The van der Waals surface area contributed by atoms with Gasteiger partial charge in [0.2, 0.25) is 0 Å². The summed E-state index contributed by atoms with van der Waals surface area (Å²) in [5, 5.41) is 10.7. The average Bonchev–Trinajstić information content (AvgIpc) is 2.64. The molecule has 2 rings (SSSR count). The Balaban J connectivity index is 2.16. The summed E-state index contributed by atoms with van der Waals surface area (Å²) in [7, 11) is 0. The third kappa shape index (κ3) is 1.96. The molecule has 1 saturated carbocycles. The first-order chi connectivity index (χ1) is 7.27. The number of terminal acetylenes is 1. The molecule has 0 aromatic carbocycles. The van der Waals surface area contributed by atoms with Gasteiger partial charge < -0.3 is 5.11 Å². The summed E-state index contributed by atoms with van der Waals surface area (Å²) < 4.78 is 0. The minimum atomic E-state index is -0.549. The van der Waals surface area contributed by atoms with E-state index in [1.165, 1.54) is 18.4 Å². The second kappa shape index (κ2) is 4.41. The smallest absolute Gasteiger partial charge is 0.0893 e. The summed E-state index contributed by atoms with van der Waals surface area (Å²) in [6.07, 6.45) is 16.2. The number of aliphatic hydroxyl groups is 1. The monoisotopic (exact) mass is 204 g/mol. The van der Waals surface area contributed by atoms with Gasteiger partial charge in [-0.2, -0.15) is 0 Å². The van der Waals surface area contributed by atoms with Crippen LogP contribution in [-0.2, 0) is 0 Å². The molecule has 1 N–H and O–H groups in total. The lowest BCUT2D eigenvalue weighted by molar-refractivity contribution is 0.0361. The molecule has 0 radical (unpaired) electrons. The van der Waals surface area contributed by atoms with E-state index in [4.69, 9.17) is 6.42 Å². The van der Waals surface area contributed by atoms with Crippen LogP contribution >= 0.6 is 0 Å². The van der Waals surface area contributed by atoms with Crippen molar-refractivity contribution in [2.75, 3.05) is 0 Å². The molecule has 1 fully saturated rings. The molecule has 15 heavy (non-hydrogen) atoms. The Kier molecular flexibility index (Phi) is 3.17. The first-order valence-corrected chi connectivity index (χ1v) is 6.13. The zero-order valence-corrected chi connectivity index (χ0v) is 9.34. The molecule has 2 aliphatic rings. The van der Waals surface area contributed by atoms with Crippen LogP contribution in [0.1, 0.15) is 51.4 Å². The predicted molar refractivity (Wildman–Crippen MR) is 62.3 cm³/mol. The van der Waals surface area contributed by atoms with Crippen molar-refractivity contribution in [2.24, 2.45) is 5.92 Å². The van der Waals surface area contributed by atoms with Gasteiger partial charge in [-0.3, -0.25) is 0 Å². The van der Waals surface area contributed by atoms with Gasteiger partial charge in [0.05, 0.1) is 5.60 Å². The van der Waals surface area contributed by atoms with E-state index in [2.05, 4.69) is 12.0 Å². The second-order valence-corrected chi connectivity index (χ2v) is 4.90. The van der Waals surface area contributed by atoms with E-state index in [9.17, 15) is 5.11 Å². The topological polar surface area (TPSA) is 20.2 Å². The average molecular weight is 204 g/mol. The summed E-state index contributed by atoms with van der Waals surface area (Å²) in [5.74, 6) is 3.03. The van der Waals surface area contributed by atoms with Crippen LogP contribution in [0.15, 0.2) is 11.6 Å².